The standard InChI is InChI=1S/C21H22N2O2S/c1-4-18-19(15-9-7-6-8-10-15)23(5-2)21(26-18)22-20(24)16-11-13-17(25-3)14-12-16/h6-14H,4-5H2,1-3H3. The monoisotopic (exact) mass is 366 g/mol. The SMILES string of the molecule is CCc1sc(=NC(=O)c2ccc(OC)cc2)n(CC)c1-c1ccccc1. The van der Waals surface area contributed by atoms with E-state index in [0.29, 0.717) is 5.56 Å². The van der Waals surface area contributed by atoms with Crippen molar-refractivity contribution in [2.75, 3.05) is 7.11 Å². The summed E-state index contributed by atoms with van der Waals surface area (Å²) in [4.78, 5) is 19.0. The Morgan fingerprint density at radius 2 is 1.77 bits per heavy atom. The molecule has 1 heterocycles. The average Bonchev–Trinajstić information content (AvgIpc) is 3.05. The number of ether oxygens (including phenoxy) is 1. The van der Waals surface area contributed by atoms with Crippen LogP contribution in [-0.2, 0) is 13.0 Å². The van der Waals surface area contributed by atoms with E-state index in [-0.39, 0.29) is 5.91 Å². The van der Waals surface area contributed by atoms with Gasteiger partial charge in [-0.15, -0.1) is 11.3 Å². The minimum Gasteiger partial charge on any atom is -0.497 e. The Labute approximate surface area is 157 Å². The number of aryl methyl sites for hydroxylation is 1. The molecule has 0 saturated heterocycles. The van der Waals surface area contributed by atoms with E-state index in [0.717, 1.165) is 34.8 Å². The lowest BCUT2D eigenvalue weighted by molar-refractivity contribution is 0.0998. The maximum absolute atomic E-state index is 12.6. The molecule has 0 aliphatic heterocycles. The van der Waals surface area contributed by atoms with Crippen molar-refractivity contribution in [3.05, 3.63) is 69.8 Å². The molecule has 0 fully saturated rings. The summed E-state index contributed by atoms with van der Waals surface area (Å²) in [5.74, 6) is 0.485. The molecule has 3 aromatic rings. The van der Waals surface area contributed by atoms with Crippen molar-refractivity contribution in [2.24, 2.45) is 4.99 Å². The van der Waals surface area contributed by atoms with Gasteiger partial charge in [-0.3, -0.25) is 4.79 Å². The van der Waals surface area contributed by atoms with Gasteiger partial charge >= 0.3 is 0 Å². The second-order valence-corrected chi connectivity index (χ2v) is 6.83. The molecule has 26 heavy (non-hydrogen) atoms. The van der Waals surface area contributed by atoms with E-state index >= 15 is 0 Å². The lowest BCUT2D eigenvalue weighted by atomic mass is 10.1. The zero-order valence-electron chi connectivity index (χ0n) is 15.2. The van der Waals surface area contributed by atoms with E-state index in [2.05, 4.69) is 35.5 Å². The molecule has 0 unspecified atom stereocenters. The van der Waals surface area contributed by atoms with Crippen LogP contribution in [0, 0.1) is 0 Å². The van der Waals surface area contributed by atoms with Gasteiger partial charge in [-0.1, -0.05) is 37.3 Å². The van der Waals surface area contributed by atoms with Gasteiger partial charge in [0.15, 0.2) is 4.80 Å². The number of hydrogen-bond acceptors (Lipinski definition) is 3. The summed E-state index contributed by atoms with van der Waals surface area (Å²) in [6, 6.07) is 17.3. The molecule has 5 heteroatoms. The number of aromatic nitrogens is 1. The highest BCUT2D eigenvalue weighted by atomic mass is 32.1. The predicted octanol–water partition coefficient (Wildman–Crippen LogP) is 4.55. The number of methoxy groups -OCH3 is 1. The fourth-order valence-corrected chi connectivity index (χ4v) is 4.02. The van der Waals surface area contributed by atoms with Crippen molar-refractivity contribution < 1.29 is 9.53 Å². The number of amides is 1. The quantitative estimate of drug-likeness (QED) is 0.665. The molecule has 0 bridgehead atoms. The number of benzene rings is 2. The van der Waals surface area contributed by atoms with Crippen LogP contribution in [0.4, 0.5) is 0 Å². The van der Waals surface area contributed by atoms with Crippen molar-refractivity contribution in [1.82, 2.24) is 4.57 Å². The molecule has 0 N–H and O–H groups in total. The first-order valence-corrected chi connectivity index (χ1v) is 9.50. The minimum atomic E-state index is -0.238. The molecule has 1 amide bonds. The molecule has 0 spiro atoms. The number of hydrogen-bond donors (Lipinski definition) is 0. The molecule has 4 nitrogen and oxygen atoms in total. The molecule has 0 radical (unpaired) electrons. The van der Waals surface area contributed by atoms with E-state index in [1.807, 2.05) is 18.2 Å². The summed E-state index contributed by atoms with van der Waals surface area (Å²) in [5, 5.41) is 0. The molecular weight excluding hydrogens is 344 g/mol. The predicted molar refractivity (Wildman–Crippen MR) is 106 cm³/mol. The van der Waals surface area contributed by atoms with Crippen molar-refractivity contribution in [2.45, 2.75) is 26.8 Å². The fraction of sp³-hybridized carbons (Fsp3) is 0.238. The van der Waals surface area contributed by atoms with Crippen molar-refractivity contribution in [1.29, 1.82) is 0 Å². The number of nitrogens with zero attached hydrogens (tertiary/aromatic N) is 2. The van der Waals surface area contributed by atoms with Crippen LogP contribution in [0.2, 0.25) is 0 Å². The highest BCUT2D eigenvalue weighted by molar-refractivity contribution is 7.09. The maximum atomic E-state index is 12.6. The topological polar surface area (TPSA) is 43.6 Å². The zero-order chi connectivity index (χ0) is 18.5. The van der Waals surface area contributed by atoms with Gasteiger partial charge in [-0.2, -0.15) is 4.99 Å². The molecule has 3 rings (SSSR count). The highest BCUT2D eigenvalue weighted by Gasteiger charge is 2.14. The third-order valence-electron chi connectivity index (χ3n) is 4.20. The van der Waals surface area contributed by atoms with Gasteiger partial charge in [0.05, 0.1) is 12.8 Å². The van der Waals surface area contributed by atoms with Gasteiger partial charge in [0.2, 0.25) is 0 Å². The fourth-order valence-electron chi connectivity index (χ4n) is 2.87. The smallest absolute Gasteiger partial charge is 0.279 e. The Balaban J connectivity index is 2.08. The zero-order valence-corrected chi connectivity index (χ0v) is 16.0. The number of rotatable bonds is 5. The Hall–Kier alpha value is -2.66. The van der Waals surface area contributed by atoms with Gasteiger partial charge in [0.25, 0.3) is 5.91 Å². The van der Waals surface area contributed by atoms with Gasteiger partial charge in [0.1, 0.15) is 5.75 Å². The molecule has 0 saturated carbocycles. The summed E-state index contributed by atoms with van der Waals surface area (Å²) in [6.45, 7) is 4.97. The summed E-state index contributed by atoms with van der Waals surface area (Å²) >= 11 is 1.59. The van der Waals surface area contributed by atoms with Crippen LogP contribution < -0.4 is 9.54 Å². The first-order valence-electron chi connectivity index (χ1n) is 8.69. The molecule has 0 aliphatic rings. The molecule has 0 atom stereocenters. The second kappa shape index (κ2) is 8.15. The third kappa shape index (κ3) is 3.63. The summed E-state index contributed by atoms with van der Waals surface area (Å²) in [5.41, 5.74) is 2.86. The number of carbonyl (C=O) groups is 1. The Morgan fingerprint density at radius 3 is 2.35 bits per heavy atom. The van der Waals surface area contributed by atoms with Crippen LogP contribution in [0.25, 0.3) is 11.3 Å². The first-order chi connectivity index (χ1) is 12.7. The van der Waals surface area contributed by atoms with Gasteiger partial charge in [-0.05, 0) is 43.2 Å². The van der Waals surface area contributed by atoms with Gasteiger partial charge in [-0.25, -0.2) is 0 Å². The van der Waals surface area contributed by atoms with Crippen LogP contribution in [0.5, 0.6) is 5.75 Å². The highest BCUT2D eigenvalue weighted by Crippen LogP contribution is 2.26. The minimum absolute atomic E-state index is 0.238. The van der Waals surface area contributed by atoms with Gasteiger partial charge in [0, 0.05) is 17.0 Å². The van der Waals surface area contributed by atoms with Crippen LogP contribution in [-0.4, -0.2) is 17.6 Å². The second-order valence-electron chi connectivity index (χ2n) is 5.77. The number of carbonyl (C=O) groups excluding carboxylic acids is 1. The molecular formula is C21H22N2O2S. The van der Waals surface area contributed by atoms with Gasteiger partial charge < -0.3 is 9.30 Å². The summed E-state index contributed by atoms with van der Waals surface area (Å²) in [7, 11) is 1.61. The average molecular weight is 366 g/mol. The normalized spacial score (nSPS) is 11.6. The van der Waals surface area contributed by atoms with Crippen LogP contribution in [0.1, 0.15) is 29.1 Å². The van der Waals surface area contributed by atoms with E-state index < -0.39 is 0 Å². The van der Waals surface area contributed by atoms with Crippen molar-refractivity contribution >= 4 is 17.2 Å². The van der Waals surface area contributed by atoms with E-state index in [1.54, 1.807) is 42.7 Å². The third-order valence-corrected chi connectivity index (χ3v) is 5.42. The van der Waals surface area contributed by atoms with Crippen LogP contribution >= 0.6 is 11.3 Å². The Morgan fingerprint density at radius 1 is 1.08 bits per heavy atom. The number of thiazole rings is 1. The Bertz CT molecular complexity index is 954. The molecule has 2 aromatic carbocycles. The lowest BCUT2D eigenvalue weighted by Gasteiger charge is -2.08. The van der Waals surface area contributed by atoms with E-state index in [4.69, 9.17) is 4.74 Å². The van der Waals surface area contributed by atoms with Crippen LogP contribution in [0.15, 0.2) is 59.6 Å². The summed E-state index contributed by atoms with van der Waals surface area (Å²) in [6.07, 6.45) is 0.904. The lowest BCUT2D eigenvalue weighted by Crippen LogP contribution is -2.17. The van der Waals surface area contributed by atoms with E-state index in [9.17, 15) is 4.79 Å². The largest absolute Gasteiger partial charge is 0.497 e. The summed E-state index contributed by atoms with van der Waals surface area (Å²) < 4.78 is 7.27. The maximum Gasteiger partial charge on any atom is 0.279 e. The molecule has 134 valence electrons. The van der Waals surface area contributed by atoms with Crippen molar-refractivity contribution in [3.8, 4) is 17.0 Å². The first kappa shape index (κ1) is 18.1. The molecule has 0 aliphatic carbocycles. The van der Waals surface area contributed by atoms with Crippen LogP contribution in [0.3, 0.4) is 0 Å². The molecule has 1 aromatic heterocycles. The van der Waals surface area contributed by atoms with E-state index in [1.165, 1.54) is 4.88 Å². The Kier molecular flexibility index (Phi) is 5.68. The van der Waals surface area contributed by atoms with Crippen molar-refractivity contribution in [3.63, 3.8) is 0 Å².